The molecule has 0 saturated heterocycles. The van der Waals surface area contributed by atoms with E-state index < -0.39 is 5.60 Å². The van der Waals surface area contributed by atoms with E-state index in [9.17, 15) is 4.79 Å². The smallest absolute Gasteiger partial charge is 0.267 e. The predicted octanol–water partition coefficient (Wildman–Crippen LogP) is 6.72. The van der Waals surface area contributed by atoms with E-state index in [1.165, 1.54) is 0 Å². The summed E-state index contributed by atoms with van der Waals surface area (Å²) in [4.78, 5) is 17.6. The van der Waals surface area contributed by atoms with Crippen molar-refractivity contribution in [2.75, 3.05) is 5.32 Å². The van der Waals surface area contributed by atoms with E-state index in [-0.39, 0.29) is 5.91 Å². The van der Waals surface area contributed by atoms with Crippen LogP contribution < -0.4 is 10.1 Å². The average molecular weight is 437 g/mol. The second kappa shape index (κ2) is 8.09. The fourth-order valence-electron chi connectivity index (χ4n) is 3.05. The highest BCUT2D eigenvalue weighted by atomic mass is 35.5. The summed E-state index contributed by atoms with van der Waals surface area (Å²) in [5, 5.41) is 4.56. The van der Waals surface area contributed by atoms with Crippen LogP contribution in [-0.4, -0.2) is 16.5 Å². The zero-order chi connectivity index (χ0) is 21.3. The fourth-order valence-corrected chi connectivity index (χ4v) is 4.14. The van der Waals surface area contributed by atoms with Crippen molar-refractivity contribution in [2.24, 2.45) is 0 Å². The number of nitrogens with one attached hydrogen (secondary N) is 1. The number of ether oxygens (including phenoxy) is 1. The number of aryl methyl sites for hydroxylation is 1. The second-order valence-electron chi connectivity index (χ2n) is 7.54. The van der Waals surface area contributed by atoms with E-state index in [0.29, 0.717) is 10.8 Å². The Hall–Kier alpha value is -2.89. The van der Waals surface area contributed by atoms with Gasteiger partial charge in [-0.2, -0.15) is 0 Å². The van der Waals surface area contributed by atoms with Gasteiger partial charge in [-0.1, -0.05) is 23.7 Å². The summed E-state index contributed by atoms with van der Waals surface area (Å²) in [6, 6.07) is 21.0. The number of hydrogen-bond acceptors (Lipinski definition) is 4. The number of amides is 1. The van der Waals surface area contributed by atoms with Gasteiger partial charge < -0.3 is 10.1 Å². The van der Waals surface area contributed by atoms with Gasteiger partial charge in [-0.3, -0.25) is 4.79 Å². The van der Waals surface area contributed by atoms with E-state index >= 15 is 0 Å². The monoisotopic (exact) mass is 436 g/mol. The van der Waals surface area contributed by atoms with E-state index in [1.54, 1.807) is 49.4 Å². The number of para-hydroxylation sites is 1. The Kier molecular flexibility index (Phi) is 5.50. The third-order valence-electron chi connectivity index (χ3n) is 4.75. The molecule has 0 radical (unpaired) electrons. The van der Waals surface area contributed by atoms with Crippen LogP contribution in [0.4, 0.5) is 5.69 Å². The first kappa shape index (κ1) is 20.4. The summed E-state index contributed by atoms with van der Waals surface area (Å²) < 4.78 is 7.03. The molecule has 4 aromatic rings. The number of hydrogen-bond donors (Lipinski definition) is 1. The maximum atomic E-state index is 12.9. The van der Waals surface area contributed by atoms with Crippen LogP contribution in [0, 0.1) is 6.92 Å². The van der Waals surface area contributed by atoms with Gasteiger partial charge in [0.25, 0.3) is 5.91 Å². The molecule has 0 atom stereocenters. The average Bonchev–Trinajstić information content (AvgIpc) is 3.15. The Morgan fingerprint density at radius 3 is 2.50 bits per heavy atom. The maximum Gasteiger partial charge on any atom is 0.267 e. The van der Waals surface area contributed by atoms with Gasteiger partial charge in [0, 0.05) is 16.3 Å². The molecule has 0 saturated carbocycles. The molecule has 1 N–H and O–H groups in total. The molecule has 1 aromatic heterocycles. The van der Waals surface area contributed by atoms with Gasteiger partial charge in [0.05, 0.1) is 10.2 Å². The standard InChI is InChI=1S/C24H21ClN2O2S/c1-15-14-16(22-26-20-6-4-5-7-21(20)30-22)8-13-19(15)27-23(28)24(2,3)29-18-11-9-17(25)10-12-18/h4-14H,1-3H3,(H,27,28). The predicted molar refractivity (Wildman–Crippen MR) is 125 cm³/mol. The van der Waals surface area contributed by atoms with Crippen molar-refractivity contribution >= 4 is 44.7 Å². The molecule has 0 spiro atoms. The van der Waals surface area contributed by atoms with E-state index in [0.717, 1.165) is 32.0 Å². The Morgan fingerprint density at radius 2 is 1.80 bits per heavy atom. The van der Waals surface area contributed by atoms with Gasteiger partial charge in [-0.05, 0) is 80.9 Å². The highest BCUT2D eigenvalue weighted by Crippen LogP contribution is 2.32. The fraction of sp³-hybridized carbons (Fsp3) is 0.167. The number of aromatic nitrogens is 1. The van der Waals surface area contributed by atoms with Crippen molar-refractivity contribution in [3.8, 4) is 16.3 Å². The lowest BCUT2D eigenvalue weighted by Gasteiger charge is -2.25. The second-order valence-corrected chi connectivity index (χ2v) is 9.00. The zero-order valence-corrected chi connectivity index (χ0v) is 18.5. The normalized spacial score (nSPS) is 11.5. The Labute approximate surface area is 184 Å². The van der Waals surface area contributed by atoms with Crippen molar-refractivity contribution in [3.05, 3.63) is 77.3 Å². The van der Waals surface area contributed by atoms with Crippen LogP contribution in [0.2, 0.25) is 5.02 Å². The van der Waals surface area contributed by atoms with Crippen molar-refractivity contribution in [1.82, 2.24) is 4.98 Å². The van der Waals surface area contributed by atoms with Crippen LogP contribution >= 0.6 is 22.9 Å². The van der Waals surface area contributed by atoms with Gasteiger partial charge in [-0.15, -0.1) is 11.3 Å². The first-order valence-electron chi connectivity index (χ1n) is 9.54. The summed E-state index contributed by atoms with van der Waals surface area (Å²) in [6.07, 6.45) is 0. The van der Waals surface area contributed by atoms with Crippen LogP contribution in [-0.2, 0) is 4.79 Å². The van der Waals surface area contributed by atoms with Crippen molar-refractivity contribution in [1.29, 1.82) is 0 Å². The van der Waals surface area contributed by atoms with Crippen molar-refractivity contribution in [3.63, 3.8) is 0 Å². The third-order valence-corrected chi connectivity index (χ3v) is 6.09. The largest absolute Gasteiger partial charge is 0.478 e. The molecule has 0 fully saturated rings. The van der Waals surface area contributed by atoms with Gasteiger partial charge in [0.15, 0.2) is 5.60 Å². The first-order valence-corrected chi connectivity index (χ1v) is 10.7. The zero-order valence-electron chi connectivity index (χ0n) is 16.9. The summed E-state index contributed by atoms with van der Waals surface area (Å²) in [5.41, 5.74) is 2.68. The van der Waals surface area contributed by atoms with Crippen LogP contribution in [0.1, 0.15) is 19.4 Å². The number of halogens is 1. The molecule has 0 aliphatic carbocycles. The lowest BCUT2D eigenvalue weighted by Crippen LogP contribution is -2.42. The molecule has 4 nitrogen and oxygen atoms in total. The van der Waals surface area contributed by atoms with Gasteiger partial charge in [0.2, 0.25) is 0 Å². The van der Waals surface area contributed by atoms with Crippen molar-refractivity contribution < 1.29 is 9.53 Å². The number of fused-ring (bicyclic) bond motifs is 1. The lowest BCUT2D eigenvalue weighted by atomic mass is 10.1. The number of anilines is 1. The summed E-state index contributed by atoms with van der Waals surface area (Å²) in [6.45, 7) is 5.45. The molecule has 0 bridgehead atoms. The third kappa shape index (κ3) is 4.32. The highest BCUT2D eigenvalue weighted by molar-refractivity contribution is 7.21. The number of carbonyl (C=O) groups excluding carboxylic acids is 1. The summed E-state index contributed by atoms with van der Waals surface area (Å²) >= 11 is 7.57. The van der Waals surface area contributed by atoms with Crippen LogP contribution in [0.5, 0.6) is 5.75 Å². The van der Waals surface area contributed by atoms with E-state index in [4.69, 9.17) is 21.3 Å². The minimum Gasteiger partial charge on any atom is -0.478 e. The number of nitrogens with zero attached hydrogens (tertiary/aromatic N) is 1. The highest BCUT2D eigenvalue weighted by Gasteiger charge is 2.30. The SMILES string of the molecule is Cc1cc(-c2nc3ccccc3s2)ccc1NC(=O)C(C)(C)Oc1ccc(Cl)cc1. The summed E-state index contributed by atoms with van der Waals surface area (Å²) in [5.74, 6) is 0.357. The molecular weight excluding hydrogens is 416 g/mol. The number of benzene rings is 3. The molecule has 0 unspecified atom stereocenters. The van der Waals surface area contributed by atoms with Gasteiger partial charge in [-0.25, -0.2) is 4.98 Å². The molecule has 30 heavy (non-hydrogen) atoms. The Bertz CT molecular complexity index is 1180. The number of thiazole rings is 1. The molecule has 6 heteroatoms. The molecule has 0 aliphatic heterocycles. The Morgan fingerprint density at radius 1 is 1.07 bits per heavy atom. The summed E-state index contributed by atoms with van der Waals surface area (Å²) in [7, 11) is 0. The number of rotatable bonds is 5. The van der Waals surface area contributed by atoms with Crippen LogP contribution in [0.15, 0.2) is 66.7 Å². The maximum absolute atomic E-state index is 12.9. The van der Waals surface area contributed by atoms with E-state index in [2.05, 4.69) is 11.4 Å². The quantitative estimate of drug-likeness (QED) is 0.377. The molecule has 1 amide bonds. The Balaban J connectivity index is 1.51. The van der Waals surface area contributed by atoms with Crippen LogP contribution in [0.25, 0.3) is 20.8 Å². The molecule has 1 heterocycles. The van der Waals surface area contributed by atoms with Gasteiger partial charge >= 0.3 is 0 Å². The van der Waals surface area contributed by atoms with Crippen molar-refractivity contribution in [2.45, 2.75) is 26.4 Å². The van der Waals surface area contributed by atoms with E-state index in [1.807, 2.05) is 43.3 Å². The topological polar surface area (TPSA) is 51.2 Å². The first-order chi connectivity index (χ1) is 14.3. The molecule has 0 aliphatic rings. The number of carbonyl (C=O) groups is 1. The minimum absolute atomic E-state index is 0.228. The van der Waals surface area contributed by atoms with Crippen LogP contribution in [0.3, 0.4) is 0 Å². The minimum atomic E-state index is -1.05. The molecule has 3 aromatic carbocycles. The van der Waals surface area contributed by atoms with Gasteiger partial charge in [0.1, 0.15) is 10.8 Å². The molecule has 152 valence electrons. The molecule has 4 rings (SSSR count). The molecular formula is C24H21ClN2O2S. The lowest BCUT2D eigenvalue weighted by molar-refractivity contribution is -0.128.